The van der Waals surface area contributed by atoms with Crippen molar-refractivity contribution >= 4 is 10.0 Å². The number of rotatable bonds is 5. The Labute approximate surface area is 125 Å². The summed E-state index contributed by atoms with van der Waals surface area (Å²) in [7, 11) is -3.62. The van der Waals surface area contributed by atoms with E-state index in [1.165, 1.54) is 28.6 Å². The van der Waals surface area contributed by atoms with Gasteiger partial charge in [-0.25, -0.2) is 8.42 Å². The Morgan fingerprint density at radius 2 is 1.81 bits per heavy atom. The fraction of sp³-hybridized carbons (Fsp3) is 0.533. The fourth-order valence-electron chi connectivity index (χ4n) is 2.80. The van der Waals surface area contributed by atoms with Crippen LogP contribution in [0.1, 0.15) is 37.7 Å². The van der Waals surface area contributed by atoms with Gasteiger partial charge in [0.2, 0.25) is 10.0 Å². The maximum atomic E-state index is 12.8. The predicted molar refractivity (Wildman–Crippen MR) is 79.0 cm³/mol. The van der Waals surface area contributed by atoms with Crippen molar-refractivity contribution in [3.05, 3.63) is 29.8 Å². The normalized spacial score (nSPS) is 16.8. The molecule has 0 spiro atoms. The van der Waals surface area contributed by atoms with Crippen molar-refractivity contribution in [1.29, 1.82) is 5.26 Å². The molecule has 0 unspecified atom stereocenters. The molecular weight excluding hydrogens is 288 g/mol. The van der Waals surface area contributed by atoms with E-state index in [2.05, 4.69) is 0 Å². The Hall–Kier alpha value is -1.42. The largest absolute Gasteiger partial charge is 0.395 e. The molecule has 1 saturated carbocycles. The first-order valence-corrected chi connectivity index (χ1v) is 8.66. The third-order valence-electron chi connectivity index (χ3n) is 3.89. The average Bonchev–Trinajstić information content (AvgIpc) is 2.53. The highest BCUT2D eigenvalue weighted by atomic mass is 32.2. The highest BCUT2D eigenvalue weighted by Crippen LogP contribution is 2.27. The molecule has 0 heterocycles. The summed E-state index contributed by atoms with van der Waals surface area (Å²) >= 11 is 0. The highest BCUT2D eigenvalue weighted by Gasteiger charge is 2.31. The quantitative estimate of drug-likeness (QED) is 0.900. The SMILES string of the molecule is N#Cc1ccc(S(=O)(=O)N(CCO)C2CCCCC2)cc1. The topological polar surface area (TPSA) is 81.4 Å². The first-order chi connectivity index (χ1) is 10.1. The first kappa shape index (κ1) is 16.0. The number of hydrogen-bond acceptors (Lipinski definition) is 4. The van der Waals surface area contributed by atoms with E-state index in [4.69, 9.17) is 5.26 Å². The van der Waals surface area contributed by atoms with Gasteiger partial charge in [0.15, 0.2) is 0 Å². The van der Waals surface area contributed by atoms with Gasteiger partial charge in [-0.2, -0.15) is 9.57 Å². The van der Waals surface area contributed by atoms with E-state index in [1.807, 2.05) is 6.07 Å². The summed E-state index contributed by atoms with van der Waals surface area (Å²) in [4.78, 5) is 0.181. The zero-order valence-electron chi connectivity index (χ0n) is 11.9. The molecule has 1 N–H and O–H groups in total. The van der Waals surface area contributed by atoms with Crippen LogP contribution in [0.25, 0.3) is 0 Å². The molecule has 21 heavy (non-hydrogen) atoms. The van der Waals surface area contributed by atoms with Gasteiger partial charge in [-0.3, -0.25) is 0 Å². The van der Waals surface area contributed by atoms with Crippen LogP contribution < -0.4 is 0 Å². The molecule has 1 fully saturated rings. The molecular formula is C15H20N2O3S. The summed E-state index contributed by atoms with van der Waals surface area (Å²) < 4.78 is 26.9. The van der Waals surface area contributed by atoms with Gasteiger partial charge in [-0.1, -0.05) is 19.3 Å². The number of aliphatic hydroxyl groups excluding tert-OH is 1. The number of nitriles is 1. The molecule has 1 aromatic rings. The van der Waals surface area contributed by atoms with Crippen molar-refractivity contribution in [3.63, 3.8) is 0 Å². The molecule has 0 radical (unpaired) electrons. The molecule has 0 bridgehead atoms. The summed E-state index contributed by atoms with van der Waals surface area (Å²) in [6.45, 7) is -0.0704. The number of aliphatic hydroxyl groups is 1. The smallest absolute Gasteiger partial charge is 0.243 e. The molecule has 0 amide bonds. The van der Waals surface area contributed by atoms with Crippen molar-refractivity contribution in [3.8, 4) is 6.07 Å². The first-order valence-electron chi connectivity index (χ1n) is 7.22. The minimum absolute atomic E-state index is 0.0356. The molecule has 0 aliphatic heterocycles. The van der Waals surface area contributed by atoms with Crippen LogP contribution in [0.3, 0.4) is 0 Å². The highest BCUT2D eigenvalue weighted by molar-refractivity contribution is 7.89. The lowest BCUT2D eigenvalue weighted by atomic mass is 9.95. The molecule has 5 nitrogen and oxygen atoms in total. The Bertz CT molecular complexity index is 599. The van der Waals surface area contributed by atoms with Crippen LogP contribution >= 0.6 is 0 Å². The minimum atomic E-state index is -3.62. The third-order valence-corrected chi connectivity index (χ3v) is 5.86. The van der Waals surface area contributed by atoms with Crippen LogP contribution in [0, 0.1) is 11.3 Å². The van der Waals surface area contributed by atoms with Gasteiger partial charge < -0.3 is 5.11 Å². The average molecular weight is 308 g/mol. The minimum Gasteiger partial charge on any atom is -0.395 e. The van der Waals surface area contributed by atoms with Crippen LogP contribution in [-0.4, -0.2) is 37.0 Å². The molecule has 1 aromatic carbocycles. The predicted octanol–water partition coefficient (Wildman–Crippen LogP) is 1.87. The van der Waals surface area contributed by atoms with Crippen molar-refractivity contribution in [2.24, 2.45) is 0 Å². The van der Waals surface area contributed by atoms with E-state index >= 15 is 0 Å². The van der Waals surface area contributed by atoms with Gasteiger partial charge in [0.25, 0.3) is 0 Å². The lowest BCUT2D eigenvalue weighted by molar-refractivity contribution is 0.199. The van der Waals surface area contributed by atoms with E-state index < -0.39 is 10.0 Å². The fourth-order valence-corrected chi connectivity index (χ4v) is 4.48. The van der Waals surface area contributed by atoms with Gasteiger partial charge in [-0.05, 0) is 37.1 Å². The third kappa shape index (κ3) is 3.62. The van der Waals surface area contributed by atoms with E-state index in [1.54, 1.807) is 0 Å². The van der Waals surface area contributed by atoms with Gasteiger partial charge >= 0.3 is 0 Å². The van der Waals surface area contributed by atoms with E-state index in [0.717, 1.165) is 32.1 Å². The van der Waals surface area contributed by atoms with Crippen LogP contribution in [0.15, 0.2) is 29.2 Å². The van der Waals surface area contributed by atoms with Crippen molar-refractivity contribution in [2.75, 3.05) is 13.2 Å². The molecule has 6 heteroatoms. The zero-order chi connectivity index (χ0) is 15.3. The summed E-state index contributed by atoms with van der Waals surface area (Å²) in [5.41, 5.74) is 0.431. The molecule has 1 aliphatic rings. The van der Waals surface area contributed by atoms with Gasteiger partial charge in [-0.15, -0.1) is 0 Å². The van der Waals surface area contributed by atoms with Crippen LogP contribution in [-0.2, 0) is 10.0 Å². The second-order valence-corrected chi connectivity index (χ2v) is 7.16. The Morgan fingerprint density at radius 3 is 2.33 bits per heavy atom. The second kappa shape index (κ2) is 7.03. The van der Waals surface area contributed by atoms with Crippen LogP contribution in [0.4, 0.5) is 0 Å². The van der Waals surface area contributed by atoms with Gasteiger partial charge in [0.05, 0.1) is 23.1 Å². The van der Waals surface area contributed by atoms with Gasteiger partial charge in [0.1, 0.15) is 0 Å². The van der Waals surface area contributed by atoms with E-state index in [0.29, 0.717) is 5.56 Å². The summed E-state index contributed by atoms with van der Waals surface area (Å²) in [5, 5.41) is 18.0. The maximum Gasteiger partial charge on any atom is 0.243 e. The van der Waals surface area contributed by atoms with E-state index in [-0.39, 0.29) is 24.1 Å². The number of nitrogens with zero attached hydrogens (tertiary/aromatic N) is 2. The zero-order valence-corrected chi connectivity index (χ0v) is 12.7. The number of benzene rings is 1. The summed E-state index contributed by atoms with van der Waals surface area (Å²) in [6.07, 6.45) is 4.87. The van der Waals surface area contributed by atoms with Crippen LogP contribution in [0.5, 0.6) is 0 Å². The Morgan fingerprint density at radius 1 is 1.19 bits per heavy atom. The number of hydrogen-bond donors (Lipinski definition) is 1. The Kier molecular flexibility index (Phi) is 5.34. The van der Waals surface area contributed by atoms with E-state index in [9.17, 15) is 13.5 Å². The second-order valence-electron chi connectivity index (χ2n) is 5.27. The molecule has 1 aliphatic carbocycles. The van der Waals surface area contributed by atoms with Crippen molar-refractivity contribution < 1.29 is 13.5 Å². The standard InChI is InChI=1S/C15H20N2O3S/c16-12-13-6-8-15(9-7-13)21(19,20)17(10-11-18)14-4-2-1-3-5-14/h6-9,14,18H,1-5,10-11H2. The molecule has 0 atom stereocenters. The lowest BCUT2D eigenvalue weighted by Gasteiger charge is -2.33. The van der Waals surface area contributed by atoms with Crippen molar-refractivity contribution in [2.45, 2.75) is 43.0 Å². The molecule has 114 valence electrons. The van der Waals surface area contributed by atoms with Crippen molar-refractivity contribution in [1.82, 2.24) is 4.31 Å². The lowest BCUT2D eigenvalue weighted by Crippen LogP contribution is -2.43. The number of sulfonamides is 1. The maximum absolute atomic E-state index is 12.8. The molecule has 0 saturated heterocycles. The molecule has 2 rings (SSSR count). The summed E-state index contributed by atoms with van der Waals surface area (Å²) in [5.74, 6) is 0. The molecule has 0 aromatic heterocycles. The monoisotopic (exact) mass is 308 g/mol. The van der Waals surface area contributed by atoms with Crippen LogP contribution in [0.2, 0.25) is 0 Å². The summed E-state index contributed by atoms with van der Waals surface area (Å²) in [6, 6.07) is 7.87. The Balaban J connectivity index is 2.29. The van der Waals surface area contributed by atoms with Gasteiger partial charge in [0, 0.05) is 12.6 Å².